The molecule has 0 aliphatic heterocycles. The largest absolute Gasteiger partial charge is 0.277 e. The van der Waals surface area contributed by atoms with Crippen molar-refractivity contribution in [1.29, 1.82) is 0 Å². The van der Waals surface area contributed by atoms with Crippen LogP contribution >= 0.6 is 11.6 Å². The van der Waals surface area contributed by atoms with Crippen LogP contribution in [-0.4, -0.2) is 25.5 Å². The third-order valence-electron chi connectivity index (χ3n) is 5.14. The SMILES string of the molecule is CC1=C(Cc2nn[nH]n2)c2c3ccc([N+](=O)[O-])c2C(c2ccc(Cl)cc2)=C13. The van der Waals surface area contributed by atoms with Gasteiger partial charge in [0.2, 0.25) is 0 Å². The Balaban J connectivity index is 1.78. The number of allylic oxidation sites excluding steroid dienone is 3. The molecular weight excluding hydrogens is 366 g/mol. The number of aromatic nitrogens is 4. The molecule has 2 aliphatic rings. The fraction of sp³-hybridized carbons (Fsp3) is 0.105. The van der Waals surface area contributed by atoms with Crippen LogP contribution in [0.25, 0.3) is 16.7 Å². The van der Waals surface area contributed by atoms with Crippen molar-refractivity contribution in [3.8, 4) is 0 Å². The van der Waals surface area contributed by atoms with Crippen molar-refractivity contribution in [2.24, 2.45) is 0 Å². The molecule has 132 valence electrons. The summed E-state index contributed by atoms with van der Waals surface area (Å²) in [5.74, 6) is 0.559. The zero-order valence-corrected chi connectivity index (χ0v) is 14.9. The number of halogens is 1. The fourth-order valence-corrected chi connectivity index (χ4v) is 4.17. The Morgan fingerprint density at radius 3 is 2.56 bits per heavy atom. The lowest BCUT2D eigenvalue weighted by molar-refractivity contribution is -0.385. The van der Waals surface area contributed by atoms with Crippen LogP contribution in [-0.2, 0) is 6.42 Å². The number of nitro benzene ring substituents is 1. The Morgan fingerprint density at radius 2 is 1.89 bits per heavy atom. The summed E-state index contributed by atoms with van der Waals surface area (Å²) in [6, 6.07) is 10.8. The predicted molar refractivity (Wildman–Crippen MR) is 101 cm³/mol. The van der Waals surface area contributed by atoms with Crippen LogP contribution in [0, 0.1) is 10.1 Å². The summed E-state index contributed by atoms with van der Waals surface area (Å²) >= 11 is 6.03. The van der Waals surface area contributed by atoms with E-state index in [4.69, 9.17) is 11.6 Å². The highest BCUT2D eigenvalue weighted by atomic mass is 35.5. The Bertz CT molecular complexity index is 1180. The molecule has 2 aromatic carbocycles. The van der Waals surface area contributed by atoms with E-state index in [0.717, 1.165) is 39.0 Å². The van der Waals surface area contributed by atoms with E-state index in [2.05, 4.69) is 20.6 Å². The number of benzene rings is 2. The van der Waals surface area contributed by atoms with Gasteiger partial charge in [-0.25, -0.2) is 0 Å². The van der Waals surface area contributed by atoms with Gasteiger partial charge in [-0.1, -0.05) is 28.9 Å². The number of rotatable bonds is 4. The van der Waals surface area contributed by atoms with Gasteiger partial charge in [0.1, 0.15) is 0 Å². The van der Waals surface area contributed by atoms with Gasteiger partial charge in [0, 0.05) is 28.6 Å². The first-order valence-electron chi connectivity index (χ1n) is 8.31. The lowest BCUT2D eigenvalue weighted by atomic mass is 9.86. The van der Waals surface area contributed by atoms with E-state index < -0.39 is 0 Å². The minimum atomic E-state index is -0.325. The van der Waals surface area contributed by atoms with Crippen molar-refractivity contribution < 1.29 is 4.92 Å². The number of nitrogens with one attached hydrogen (secondary N) is 1. The molecule has 0 saturated carbocycles. The molecule has 4 bridgehead atoms. The summed E-state index contributed by atoms with van der Waals surface area (Å²) in [4.78, 5) is 11.4. The zero-order chi connectivity index (χ0) is 18.7. The Kier molecular flexibility index (Phi) is 3.29. The van der Waals surface area contributed by atoms with Gasteiger partial charge in [0.05, 0.1) is 10.5 Å². The Hall–Kier alpha value is -3.32. The number of H-pyrrole nitrogens is 1. The third-order valence-corrected chi connectivity index (χ3v) is 5.39. The lowest BCUT2D eigenvalue weighted by Crippen LogP contribution is -2.03. The second-order valence-corrected chi connectivity index (χ2v) is 6.94. The molecule has 0 saturated heterocycles. The van der Waals surface area contributed by atoms with Crippen LogP contribution in [0.5, 0.6) is 0 Å². The number of nitro groups is 1. The van der Waals surface area contributed by atoms with Gasteiger partial charge in [-0.2, -0.15) is 5.21 Å². The first kappa shape index (κ1) is 15.9. The van der Waals surface area contributed by atoms with Crippen LogP contribution in [0.1, 0.15) is 35.0 Å². The van der Waals surface area contributed by atoms with E-state index in [1.807, 2.05) is 25.1 Å². The Labute approximate surface area is 158 Å². The van der Waals surface area contributed by atoms with E-state index in [1.165, 1.54) is 0 Å². The monoisotopic (exact) mass is 377 g/mol. The summed E-state index contributed by atoms with van der Waals surface area (Å²) in [5, 5.41) is 26.5. The smallest absolute Gasteiger partial charge is 0.258 e. The highest BCUT2D eigenvalue weighted by molar-refractivity contribution is 6.30. The standard InChI is InChI=1S/C19H12ClN5O2/c1-9-13(8-15-21-23-24-22-15)18-12-6-7-14(25(26)27)19(18)17(16(9)12)10-2-4-11(20)5-3-10/h2-7H,8H2,1H3,(H,21,22,23,24). The molecule has 8 heteroatoms. The summed E-state index contributed by atoms with van der Waals surface area (Å²) < 4.78 is 0. The summed E-state index contributed by atoms with van der Waals surface area (Å²) in [6.45, 7) is 2.04. The van der Waals surface area contributed by atoms with E-state index in [0.29, 0.717) is 22.8 Å². The number of hydrogen-bond acceptors (Lipinski definition) is 5. The maximum atomic E-state index is 11.7. The molecule has 0 radical (unpaired) electrons. The third kappa shape index (κ3) is 2.18. The molecule has 0 unspecified atom stereocenters. The van der Waals surface area contributed by atoms with Crippen molar-refractivity contribution in [2.75, 3.05) is 0 Å². The molecule has 27 heavy (non-hydrogen) atoms. The van der Waals surface area contributed by atoms with Gasteiger partial charge in [-0.15, -0.1) is 10.2 Å². The first-order valence-corrected chi connectivity index (χ1v) is 8.69. The maximum Gasteiger partial charge on any atom is 0.277 e. The van der Waals surface area contributed by atoms with Crippen molar-refractivity contribution in [3.63, 3.8) is 0 Å². The van der Waals surface area contributed by atoms with Crippen LogP contribution in [0.3, 0.4) is 0 Å². The molecule has 3 aromatic rings. The number of hydrogen-bond donors (Lipinski definition) is 1. The highest BCUT2D eigenvalue weighted by Gasteiger charge is 2.41. The summed E-state index contributed by atoms with van der Waals surface area (Å²) in [7, 11) is 0. The fourth-order valence-electron chi connectivity index (χ4n) is 4.05. The van der Waals surface area contributed by atoms with Crippen LogP contribution in [0.15, 0.2) is 42.0 Å². The summed E-state index contributed by atoms with van der Waals surface area (Å²) in [6.07, 6.45) is 0.473. The molecule has 5 rings (SSSR count). The average molecular weight is 378 g/mol. The van der Waals surface area contributed by atoms with Crippen molar-refractivity contribution in [2.45, 2.75) is 13.3 Å². The molecule has 0 fully saturated rings. The minimum absolute atomic E-state index is 0.104. The number of tetrazole rings is 1. The molecule has 0 spiro atoms. The van der Waals surface area contributed by atoms with Crippen molar-refractivity contribution in [3.05, 3.63) is 85.2 Å². The van der Waals surface area contributed by atoms with Crippen LogP contribution < -0.4 is 0 Å². The second kappa shape index (κ2) is 5.59. The van der Waals surface area contributed by atoms with Gasteiger partial charge < -0.3 is 0 Å². The molecule has 2 aliphatic carbocycles. The topological polar surface area (TPSA) is 97.6 Å². The van der Waals surface area contributed by atoms with Gasteiger partial charge in [-0.3, -0.25) is 10.1 Å². The molecule has 7 nitrogen and oxygen atoms in total. The zero-order valence-electron chi connectivity index (χ0n) is 14.2. The minimum Gasteiger partial charge on any atom is -0.258 e. The molecule has 1 heterocycles. The average Bonchev–Trinajstić information content (AvgIpc) is 3.30. The molecule has 1 aromatic heterocycles. The van der Waals surface area contributed by atoms with Gasteiger partial charge in [0.15, 0.2) is 5.82 Å². The maximum absolute atomic E-state index is 11.7. The number of aromatic amines is 1. The molecule has 0 atom stereocenters. The second-order valence-electron chi connectivity index (χ2n) is 6.50. The number of nitrogens with zero attached hydrogens (tertiary/aromatic N) is 4. The van der Waals surface area contributed by atoms with E-state index in [-0.39, 0.29) is 10.6 Å². The predicted octanol–water partition coefficient (Wildman–Crippen LogP) is 4.06. The van der Waals surface area contributed by atoms with Gasteiger partial charge >= 0.3 is 0 Å². The normalized spacial score (nSPS) is 14.4. The Morgan fingerprint density at radius 1 is 1.11 bits per heavy atom. The van der Waals surface area contributed by atoms with Crippen molar-refractivity contribution in [1.82, 2.24) is 20.6 Å². The van der Waals surface area contributed by atoms with Gasteiger partial charge in [-0.05, 0) is 53.0 Å². The van der Waals surface area contributed by atoms with E-state index >= 15 is 0 Å². The highest BCUT2D eigenvalue weighted by Crippen LogP contribution is 2.58. The molecular formula is C19H12ClN5O2. The molecule has 1 N–H and O–H groups in total. The first-order chi connectivity index (χ1) is 13.1. The van der Waals surface area contributed by atoms with Crippen LogP contribution in [0.2, 0.25) is 5.02 Å². The van der Waals surface area contributed by atoms with Crippen molar-refractivity contribution >= 4 is 34.0 Å². The van der Waals surface area contributed by atoms with E-state index in [1.54, 1.807) is 18.2 Å². The lowest BCUT2D eigenvalue weighted by Gasteiger charge is -2.16. The molecule has 0 amide bonds. The van der Waals surface area contributed by atoms with Crippen LogP contribution in [0.4, 0.5) is 5.69 Å². The quantitative estimate of drug-likeness (QED) is 0.546. The van der Waals surface area contributed by atoms with E-state index in [9.17, 15) is 10.1 Å². The van der Waals surface area contributed by atoms with Gasteiger partial charge in [0.25, 0.3) is 5.69 Å². The summed E-state index contributed by atoms with van der Waals surface area (Å²) in [5.41, 5.74) is 7.65.